The summed E-state index contributed by atoms with van der Waals surface area (Å²) in [5.74, 6) is -2.03. The monoisotopic (exact) mass is 504 g/mol. The predicted octanol–water partition coefficient (Wildman–Crippen LogP) is 5.90. The summed E-state index contributed by atoms with van der Waals surface area (Å²) in [5, 5.41) is 14.4. The van der Waals surface area contributed by atoms with E-state index in [4.69, 9.17) is 28.0 Å². The van der Waals surface area contributed by atoms with Crippen molar-refractivity contribution < 1.29 is 19.5 Å². The number of fused-ring (bicyclic) bond motifs is 2. The van der Waals surface area contributed by atoms with Crippen molar-refractivity contribution in [3.63, 3.8) is 0 Å². The summed E-state index contributed by atoms with van der Waals surface area (Å²) in [6, 6.07) is 24.3. The Morgan fingerprint density at radius 2 is 1.54 bits per heavy atom. The van der Waals surface area contributed by atoms with Crippen LogP contribution in [0.25, 0.3) is 10.8 Å². The molecule has 0 saturated carbocycles. The van der Waals surface area contributed by atoms with Gasteiger partial charge in [-0.25, -0.2) is 9.96 Å². The number of rotatable bonds is 3. The fourth-order valence-electron chi connectivity index (χ4n) is 4.98. The summed E-state index contributed by atoms with van der Waals surface area (Å²) in [6.45, 7) is 0. The molecule has 2 saturated heterocycles. The molecule has 2 aliphatic heterocycles. The molecule has 0 radical (unpaired) electrons. The molecule has 35 heavy (non-hydrogen) atoms. The summed E-state index contributed by atoms with van der Waals surface area (Å²) in [7, 11) is 0. The van der Waals surface area contributed by atoms with E-state index in [-0.39, 0.29) is 10.8 Å². The Balaban J connectivity index is 1.51. The molecule has 2 heterocycles. The van der Waals surface area contributed by atoms with Gasteiger partial charge in [0.05, 0.1) is 22.4 Å². The standard InChI is InChI=1S/C27H18Cl2N2O4/c28-16-13-19(24(32)20(29)14-16)23-22-25(35-31(23)17-9-2-1-3-10-17)27(34)30(26(22)33)21-12-6-8-15-7-4-5-11-18(15)21/h1-14,22-23,25,32H. The number of hydrogen-bond donors (Lipinski definition) is 1. The Hall–Kier alpha value is -3.58. The van der Waals surface area contributed by atoms with Crippen LogP contribution in [0.1, 0.15) is 11.6 Å². The van der Waals surface area contributed by atoms with Crippen molar-refractivity contribution in [2.75, 3.05) is 9.96 Å². The fraction of sp³-hybridized carbons (Fsp3) is 0.111. The molecule has 1 N–H and O–H groups in total. The number of phenolic OH excluding ortho intramolecular Hbond substituents is 1. The summed E-state index contributed by atoms with van der Waals surface area (Å²) in [4.78, 5) is 34.9. The van der Waals surface area contributed by atoms with E-state index in [0.29, 0.717) is 22.0 Å². The van der Waals surface area contributed by atoms with E-state index >= 15 is 0 Å². The zero-order valence-corrected chi connectivity index (χ0v) is 19.6. The highest BCUT2D eigenvalue weighted by atomic mass is 35.5. The third-order valence-corrected chi connectivity index (χ3v) is 7.02. The number of nitrogens with zero attached hydrogens (tertiary/aromatic N) is 2. The second kappa shape index (κ2) is 8.27. The van der Waals surface area contributed by atoms with Crippen LogP contribution in [-0.4, -0.2) is 23.0 Å². The molecule has 0 bridgehead atoms. The third-order valence-electron chi connectivity index (χ3n) is 6.51. The maximum absolute atomic E-state index is 13.9. The number of aromatic hydroxyl groups is 1. The van der Waals surface area contributed by atoms with E-state index in [9.17, 15) is 14.7 Å². The maximum Gasteiger partial charge on any atom is 0.266 e. The number of hydrogen-bond acceptors (Lipinski definition) is 5. The number of imide groups is 1. The Kier molecular flexibility index (Phi) is 5.18. The van der Waals surface area contributed by atoms with E-state index in [1.807, 2.05) is 54.6 Å². The molecule has 0 spiro atoms. The number of carbonyl (C=O) groups is 2. The average molecular weight is 505 g/mol. The lowest BCUT2D eigenvalue weighted by Gasteiger charge is -2.29. The van der Waals surface area contributed by atoms with Gasteiger partial charge in [-0.3, -0.25) is 14.4 Å². The van der Waals surface area contributed by atoms with Gasteiger partial charge in [0.25, 0.3) is 5.91 Å². The van der Waals surface area contributed by atoms with Crippen LogP contribution in [-0.2, 0) is 14.4 Å². The molecule has 6 rings (SSSR count). The molecule has 3 atom stereocenters. The van der Waals surface area contributed by atoms with Gasteiger partial charge < -0.3 is 5.11 Å². The minimum atomic E-state index is -1.08. The van der Waals surface area contributed by atoms with E-state index in [2.05, 4.69) is 0 Å². The smallest absolute Gasteiger partial charge is 0.266 e. The molecule has 6 nitrogen and oxygen atoms in total. The first-order chi connectivity index (χ1) is 17.0. The predicted molar refractivity (Wildman–Crippen MR) is 135 cm³/mol. The number of benzene rings is 4. The lowest BCUT2D eigenvalue weighted by molar-refractivity contribution is -0.126. The van der Waals surface area contributed by atoms with Crippen molar-refractivity contribution in [3.8, 4) is 5.75 Å². The van der Waals surface area contributed by atoms with Crippen molar-refractivity contribution in [2.45, 2.75) is 12.1 Å². The molecule has 8 heteroatoms. The number of amides is 2. The maximum atomic E-state index is 13.9. The highest BCUT2D eigenvalue weighted by Gasteiger charge is 2.61. The van der Waals surface area contributed by atoms with Gasteiger partial charge in [0.15, 0.2) is 6.10 Å². The minimum absolute atomic E-state index is 0.0478. The van der Waals surface area contributed by atoms with E-state index in [1.54, 1.807) is 24.3 Å². The molecule has 2 fully saturated rings. The Bertz CT molecular complexity index is 1490. The van der Waals surface area contributed by atoms with Crippen LogP contribution in [0.4, 0.5) is 11.4 Å². The van der Waals surface area contributed by atoms with Crippen molar-refractivity contribution >= 4 is 57.2 Å². The lowest BCUT2D eigenvalue weighted by Crippen LogP contribution is -2.37. The van der Waals surface area contributed by atoms with Crippen LogP contribution in [0, 0.1) is 5.92 Å². The van der Waals surface area contributed by atoms with E-state index in [1.165, 1.54) is 16.0 Å². The third kappa shape index (κ3) is 3.37. The fourth-order valence-corrected chi connectivity index (χ4v) is 5.49. The number of halogens is 2. The molecule has 4 aromatic rings. The van der Waals surface area contributed by atoms with Crippen LogP contribution < -0.4 is 9.96 Å². The normalized spacial score (nSPS) is 21.7. The molecule has 0 aliphatic carbocycles. The number of phenols is 1. The van der Waals surface area contributed by atoms with Crippen molar-refractivity contribution in [1.82, 2.24) is 0 Å². The first-order valence-corrected chi connectivity index (χ1v) is 11.8. The van der Waals surface area contributed by atoms with Crippen molar-refractivity contribution in [3.05, 3.63) is 101 Å². The van der Waals surface area contributed by atoms with Gasteiger partial charge in [0.1, 0.15) is 11.7 Å². The minimum Gasteiger partial charge on any atom is -0.506 e. The van der Waals surface area contributed by atoms with Crippen LogP contribution in [0.5, 0.6) is 5.75 Å². The van der Waals surface area contributed by atoms with Crippen LogP contribution in [0.15, 0.2) is 84.9 Å². The van der Waals surface area contributed by atoms with Crippen molar-refractivity contribution in [1.29, 1.82) is 0 Å². The number of anilines is 2. The van der Waals surface area contributed by atoms with Crippen molar-refractivity contribution in [2.24, 2.45) is 5.92 Å². The van der Waals surface area contributed by atoms with E-state index < -0.39 is 29.9 Å². The second-order valence-electron chi connectivity index (χ2n) is 8.49. The zero-order chi connectivity index (χ0) is 24.3. The summed E-state index contributed by atoms with van der Waals surface area (Å²) in [6.07, 6.45) is -1.08. The summed E-state index contributed by atoms with van der Waals surface area (Å²) < 4.78 is 0. The molecular weight excluding hydrogens is 487 g/mol. The Morgan fingerprint density at radius 1 is 0.829 bits per heavy atom. The largest absolute Gasteiger partial charge is 0.506 e. The summed E-state index contributed by atoms with van der Waals surface area (Å²) >= 11 is 12.5. The Morgan fingerprint density at radius 3 is 2.34 bits per heavy atom. The van der Waals surface area contributed by atoms with Crippen LogP contribution in [0.3, 0.4) is 0 Å². The van der Waals surface area contributed by atoms with Crippen LogP contribution >= 0.6 is 23.2 Å². The van der Waals surface area contributed by atoms with Gasteiger partial charge in [-0.15, -0.1) is 0 Å². The summed E-state index contributed by atoms with van der Waals surface area (Å²) in [5.41, 5.74) is 1.42. The topological polar surface area (TPSA) is 70.1 Å². The molecule has 2 aliphatic rings. The van der Waals surface area contributed by atoms with E-state index in [0.717, 1.165) is 10.8 Å². The number of carbonyl (C=O) groups excluding carboxylic acids is 2. The van der Waals surface area contributed by atoms with Gasteiger partial charge in [0, 0.05) is 16.0 Å². The first-order valence-electron chi connectivity index (χ1n) is 11.0. The number of para-hydroxylation sites is 1. The highest BCUT2D eigenvalue weighted by Crippen LogP contribution is 2.51. The van der Waals surface area contributed by atoms with Gasteiger partial charge in [-0.05, 0) is 35.7 Å². The van der Waals surface area contributed by atoms with Crippen LogP contribution in [0.2, 0.25) is 10.0 Å². The quantitative estimate of drug-likeness (QED) is 0.351. The first kappa shape index (κ1) is 21.9. The molecule has 2 amide bonds. The number of hydroxylamine groups is 1. The Labute approximate surface area is 210 Å². The molecule has 3 unspecified atom stereocenters. The molecule has 0 aromatic heterocycles. The SMILES string of the molecule is O=C1C2ON(c3ccccc3)C(c3cc(Cl)cc(Cl)c3O)C2C(=O)N1c1cccc2ccccc12. The average Bonchev–Trinajstić information content (AvgIpc) is 3.37. The molecular formula is C27H18Cl2N2O4. The van der Waals surface area contributed by atoms with Gasteiger partial charge in [0.2, 0.25) is 5.91 Å². The molecule has 174 valence electrons. The molecule has 4 aromatic carbocycles. The highest BCUT2D eigenvalue weighted by molar-refractivity contribution is 6.35. The second-order valence-corrected chi connectivity index (χ2v) is 9.34. The zero-order valence-electron chi connectivity index (χ0n) is 18.1. The van der Waals surface area contributed by atoms with Gasteiger partial charge in [-0.1, -0.05) is 77.8 Å². The van der Waals surface area contributed by atoms with Gasteiger partial charge in [-0.2, -0.15) is 0 Å². The lowest BCUT2D eigenvalue weighted by atomic mass is 9.90. The van der Waals surface area contributed by atoms with Gasteiger partial charge >= 0.3 is 0 Å².